The fourth-order valence-electron chi connectivity index (χ4n) is 2.80. The Labute approximate surface area is 157 Å². The third kappa shape index (κ3) is 6.31. The lowest BCUT2D eigenvalue weighted by molar-refractivity contribution is 0.383. The fourth-order valence-corrected chi connectivity index (χ4v) is 2.80. The molecule has 2 heterocycles. The molecule has 1 aromatic heterocycles. The summed E-state index contributed by atoms with van der Waals surface area (Å²) in [5, 5.41) is 7.74. The number of aliphatic imine (C=N–C) groups is 1. The normalized spacial score (nSPS) is 18.9. The monoisotopic (exact) mass is 433 g/mol. The summed E-state index contributed by atoms with van der Waals surface area (Å²) < 4.78 is 1.89. The van der Waals surface area contributed by atoms with Crippen LogP contribution in [0, 0.1) is 5.41 Å². The summed E-state index contributed by atoms with van der Waals surface area (Å²) in [6, 6.07) is 0. The Bertz CT molecular complexity index is 503. The first-order valence-electron chi connectivity index (χ1n) is 8.41. The maximum Gasteiger partial charge on any atom is 0.193 e. The molecule has 23 heavy (non-hydrogen) atoms. The predicted molar refractivity (Wildman–Crippen MR) is 108 cm³/mol. The van der Waals surface area contributed by atoms with Gasteiger partial charge in [0.1, 0.15) is 0 Å². The van der Waals surface area contributed by atoms with E-state index in [2.05, 4.69) is 49.2 Å². The molecule has 0 spiro atoms. The molecule has 6 heteroatoms. The van der Waals surface area contributed by atoms with E-state index in [9.17, 15) is 0 Å². The summed E-state index contributed by atoms with van der Waals surface area (Å²) in [6.07, 6.45) is 6.42. The number of hydrogen-bond acceptors (Lipinski definition) is 2. The van der Waals surface area contributed by atoms with Crippen molar-refractivity contribution in [3.05, 3.63) is 18.0 Å². The van der Waals surface area contributed by atoms with E-state index in [1.807, 2.05) is 17.9 Å². The van der Waals surface area contributed by atoms with Gasteiger partial charge in [-0.05, 0) is 30.7 Å². The molecule has 1 aliphatic rings. The highest BCUT2D eigenvalue weighted by molar-refractivity contribution is 14.0. The maximum absolute atomic E-state index is 4.82. The average Bonchev–Trinajstić information content (AvgIpc) is 3.05. The third-order valence-corrected chi connectivity index (χ3v) is 4.14. The summed E-state index contributed by atoms with van der Waals surface area (Å²) in [6.45, 7) is 12.8. The summed E-state index contributed by atoms with van der Waals surface area (Å²) in [5.41, 5.74) is 1.68. The molecule has 0 saturated carbocycles. The molecule has 1 saturated heterocycles. The molecule has 1 aliphatic heterocycles. The van der Waals surface area contributed by atoms with E-state index in [1.165, 1.54) is 12.0 Å². The molecule has 1 atom stereocenters. The van der Waals surface area contributed by atoms with Crippen molar-refractivity contribution < 1.29 is 0 Å². The zero-order chi connectivity index (χ0) is 16.2. The summed E-state index contributed by atoms with van der Waals surface area (Å²) >= 11 is 0. The van der Waals surface area contributed by atoms with Crippen LogP contribution in [0.4, 0.5) is 0 Å². The highest BCUT2D eigenvalue weighted by Gasteiger charge is 2.26. The van der Waals surface area contributed by atoms with Gasteiger partial charge in [-0.3, -0.25) is 9.67 Å². The standard InChI is InChI=1S/C17H31N5.HI/c1-6-18-16(19-9-8-17(2,3)4)22-10-7-14(13-22)15-11-20-21(5)12-15;/h11-12,14H,6-10,13H2,1-5H3,(H,18,19);1H. The van der Waals surface area contributed by atoms with Crippen molar-refractivity contribution in [2.75, 3.05) is 26.2 Å². The highest BCUT2D eigenvalue weighted by Crippen LogP contribution is 2.26. The van der Waals surface area contributed by atoms with Gasteiger partial charge < -0.3 is 10.2 Å². The molecule has 2 rings (SSSR count). The van der Waals surface area contributed by atoms with Crippen molar-refractivity contribution >= 4 is 29.9 Å². The van der Waals surface area contributed by atoms with E-state index in [1.54, 1.807) is 0 Å². The molecule has 132 valence electrons. The van der Waals surface area contributed by atoms with Crippen LogP contribution >= 0.6 is 24.0 Å². The molecule has 1 N–H and O–H groups in total. The second kappa shape index (κ2) is 8.89. The second-order valence-electron chi connectivity index (χ2n) is 7.43. The second-order valence-corrected chi connectivity index (χ2v) is 7.43. The van der Waals surface area contributed by atoms with Crippen LogP contribution < -0.4 is 5.32 Å². The highest BCUT2D eigenvalue weighted by atomic mass is 127. The van der Waals surface area contributed by atoms with Gasteiger partial charge in [0.15, 0.2) is 5.96 Å². The molecular weight excluding hydrogens is 401 g/mol. The summed E-state index contributed by atoms with van der Waals surface area (Å²) in [5.74, 6) is 1.64. The Hall–Kier alpha value is -0.790. The van der Waals surface area contributed by atoms with E-state index >= 15 is 0 Å². The Balaban J connectivity index is 0.00000264. The number of rotatable bonds is 4. The average molecular weight is 433 g/mol. The Morgan fingerprint density at radius 1 is 1.43 bits per heavy atom. The number of hydrogen-bond donors (Lipinski definition) is 1. The lowest BCUT2D eigenvalue weighted by atomic mass is 9.92. The lowest BCUT2D eigenvalue weighted by Gasteiger charge is -2.22. The molecule has 0 aromatic carbocycles. The van der Waals surface area contributed by atoms with Gasteiger partial charge in [0.05, 0.1) is 6.20 Å². The Morgan fingerprint density at radius 2 is 2.17 bits per heavy atom. The molecule has 1 fully saturated rings. The number of aromatic nitrogens is 2. The molecule has 0 aliphatic carbocycles. The first-order valence-corrected chi connectivity index (χ1v) is 8.41. The SMILES string of the molecule is CCNC(=NCCC(C)(C)C)N1CCC(c2cnn(C)c2)C1.I. The molecule has 1 aromatic rings. The Kier molecular flexibility index (Phi) is 7.83. The fraction of sp³-hybridized carbons (Fsp3) is 0.765. The van der Waals surface area contributed by atoms with Crippen molar-refractivity contribution in [1.29, 1.82) is 0 Å². The van der Waals surface area contributed by atoms with Crippen LogP contribution in [0.2, 0.25) is 0 Å². The smallest absolute Gasteiger partial charge is 0.193 e. The third-order valence-electron chi connectivity index (χ3n) is 4.14. The van der Waals surface area contributed by atoms with Gasteiger partial charge in [0.2, 0.25) is 0 Å². The molecule has 0 bridgehead atoms. The minimum absolute atomic E-state index is 0. The predicted octanol–water partition coefficient (Wildman–Crippen LogP) is 3.23. The number of nitrogens with one attached hydrogen (secondary N) is 1. The largest absolute Gasteiger partial charge is 0.357 e. The van der Waals surface area contributed by atoms with Crippen molar-refractivity contribution in [1.82, 2.24) is 20.0 Å². The zero-order valence-corrected chi connectivity index (χ0v) is 17.5. The van der Waals surface area contributed by atoms with E-state index in [-0.39, 0.29) is 24.0 Å². The van der Waals surface area contributed by atoms with Crippen LogP contribution in [0.25, 0.3) is 0 Å². The van der Waals surface area contributed by atoms with Crippen LogP contribution in [0.5, 0.6) is 0 Å². The summed E-state index contributed by atoms with van der Waals surface area (Å²) in [7, 11) is 1.98. The van der Waals surface area contributed by atoms with Crippen molar-refractivity contribution in [2.24, 2.45) is 17.5 Å². The number of halogens is 1. The quantitative estimate of drug-likeness (QED) is 0.451. The van der Waals surface area contributed by atoms with Crippen molar-refractivity contribution in [3.63, 3.8) is 0 Å². The van der Waals surface area contributed by atoms with Crippen LogP contribution in [0.1, 0.15) is 52.0 Å². The minimum Gasteiger partial charge on any atom is -0.357 e. The molecular formula is C17H32IN5. The van der Waals surface area contributed by atoms with E-state index in [4.69, 9.17) is 4.99 Å². The first kappa shape index (κ1) is 20.3. The van der Waals surface area contributed by atoms with Gasteiger partial charge in [-0.15, -0.1) is 24.0 Å². The number of likely N-dealkylation sites (tertiary alicyclic amines) is 1. The van der Waals surface area contributed by atoms with E-state index in [0.29, 0.717) is 11.3 Å². The van der Waals surface area contributed by atoms with Crippen LogP contribution in [0.3, 0.4) is 0 Å². The number of nitrogens with zero attached hydrogens (tertiary/aromatic N) is 4. The summed E-state index contributed by atoms with van der Waals surface area (Å²) in [4.78, 5) is 7.22. The molecule has 0 radical (unpaired) electrons. The number of aryl methyl sites for hydroxylation is 1. The van der Waals surface area contributed by atoms with Crippen molar-refractivity contribution in [3.8, 4) is 0 Å². The maximum atomic E-state index is 4.82. The van der Waals surface area contributed by atoms with E-state index in [0.717, 1.165) is 38.6 Å². The van der Waals surface area contributed by atoms with E-state index < -0.39 is 0 Å². The van der Waals surface area contributed by atoms with Gasteiger partial charge in [0, 0.05) is 45.3 Å². The van der Waals surface area contributed by atoms with Gasteiger partial charge in [-0.2, -0.15) is 5.10 Å². The number of guanidine groups is 1. The molecule has 5 nitrogen and oxygen atoms in total. The van der Waals surface area contributed by atoms with Gasteiger partial charge in [-0.1, -0.05) is 20.8 Å². The lowest BCUT2D eigenvalue weighted by Crippen LogP contribution is -2.40. The van der Waals surface area contributed by atoms with Crippen LogP contribution in [-0.4, -0.2) is 46.8 Å². The van der Waals surface area contributed by atoms with Crippen LogP contribution in [0.15, 0.2) is 17.4 Å². The first-order chi connectivity index (χ1) is 10.4. The van der Waals surface area contributed by atoms with Gasteiger partial charge in [0.25, 0.3) is 0 Å². The Morgan fingerprint density at radius 3 is 2.74 bits per heavy atom. The topological polar surface area (TPSA) is 45.5 Å². The van der Waals surface area contributed by atoms with Crippen molar-refractivity contribution in [2.45, 2.75) is 46.5 Å². The van der Waals surface area contributed by atoms with Gasteiger partial charge in [-0.25, -0.2) is 0 Å². The zero-order valence-electron chi connectivity index (χ0n) is 15.2. The van der Waals surface area contributed by atoms with Gasteiger partial charge >= 0.3 is 0 Å². The van der Waals surface area contributed by atoms with Crippen LogP contribution in [-0.2, 0) is 7.05 Å². The molecule has 0 amide bonds. The minimum atomic E-state index is 0. The molecule has 1 unspecified atom stereocenters.